The zero-order chi connectivity index (χ0) is 12.4. The fourth-order valence-electron chi connectivity index (χ4n) is 1.68. The Bertz CT molecular complexity index is 564. The fourth-order valence-corrected chi connectivity index (χ4v) is 1.68. The van der Waals surface area contributed by atoms with Gasteiger partial charge in [0.2, 0.25) is 0 Å². The van der Waals surface area contributed by atoms with Crippen molar-refractivity contribution in [1.29, 1.82) is 0 Å². The maximum atomic E-state index is 9.93. The van der Waals surface area contributed by atoms with Crippen LogP contribution in [0.3, 0.4) is 0 Å². The largest absolute Gasteiger partial charge is 0.507 e. The van der Waals surface area contributed by atoms with E-state index in [0.717, 1.165) is 16.7 Å². The van der Waals surface area contributed by atoms with Crippen LogP contribution in [0.2, 0.25) is 0 Å². The molecule has 0 aliphatic heterocycles. The van der Waals surface area contributed by atoms with Gasteiger partial charge in [-0.15, -0.1) is 0 Å². The molecule has 1 heterocycles. The maximum Gasteiger partial charge on any atom is 0.166 e. The van der Waals surface area contributed by atoms with Crippen molar-refractivity contribution >= 4 is 19.5 Å². The lowest BCUT2D eigenvalue weighted by Gasteiger charge is -2.08. The second-order valence-corrected chi connectivity index (χ2v) is 3.99. The number of benzene rings is 1. The number of aromatic hydroxyl groups is 1. The van der Waals surface area contributed by atoms with Crippen LogP contribution in [-0.2, 0) is 0 Å². The van der Waals surface area contributed by atoms with Crippen molar-refractivity contribution in [1.82, 2.24) is 10.2 Å². The molecule has 2 aromatic rings. The van der Waals surface area contributed by atoms with E-state index in [1.165, 1.54) is 0 Å². The van der Waals surface area contributed by atoms with E-state index in [1.54, 1.807) is 12.1 Å². The molecule has 17 heavy (non-hydrogen) atoms. The molecule has 1 N–H and O–H groups in total. The molecule has 0 spiro atoms. The van der Waals surface area contributed by atoms with E-state index in [9.17, 15) is 5.11 Å². The van der Waals surface area contributed by atoms with Crippen LogP contribution in [0.5, 0.6) is 5.75 Å². The topological polar surface area (TPSA) is 46.0 Å². The van der Waals surface area contributed by atoms with E-state index in [0.29, 0.717) is 11.3 Å². The minimum absolute atomic E-state index is 0.214. The van der Waals surface area contributed by atoms with Gasteiger partial charge in [-0.05, 0) is 42.3 Å². The van der Waals surface area contributed by atoms with E-state index in [2.05, 4.69) is 16.8 Å². The van der Waals surface area contributed by atoms with Crippen molar-refractivity contribution in [2.75, 3.05) is 0 Å². The van der Waals surface area contributed by atoms with Crippen molar-refractivity contribution in [2.45, 2.75) is 6.92 Å². The summed E-state index contributed by atoms with van der Waals surface area (Å²) in [6.45, 7) is 5.68. The highest BCUT2D eigenvalue weighted by Gasteiger charge is 2.08. The minimum Gasteiger partial charge on any atom is -0.507 e. The van der Waals surface area contributed by atoms with Crippen LogP contribution in [0.15, 0.2) is 30.8 Å². The summed E-state index contributed by atoms with van der Waals surface area (Å²) in [5.74, 6) is 0.214. The van der Waals surface area contributed by atoms with Gasteiger partial charge in [0.25, 0.3) is 0 Å². The standard InChI is InChI=1S/C13H13BN2O/c1-3-9-7-10(12(17)6-8(9)2)11-4-5-13(14)16-15-11/h3-7,17H,1,14H2,2H3. The molecule has 0 aliphatic carbocycles. The molecule has 4 heteroatoms. The van der Waals surface area contributed by atoms with E-state index >= 15 is 0 Å². The fraction of sp³-hybridized carbons (Fsp3) is 0.0769. The molecule has 0 amide bonds. The smallest absolute Gasteiger partial charge is 0.166 e. The summed E-state index contributed by atoms with van der Waals surface area (Å²) in [5, 5.41) is 18.0. The first-order chi connectivity index (χ1) is 8.11. The van der Waals surface area contributed by atoms with Crippen molar-refractivity contribution in [3.05, 3.63) is 42.0 Å². The van der Waals surface area contributed by atoms with Crippen molar-refractivity contribution in [3.8, 4) is 17.0 Å². The lowest BCUT2D eigenvalue weighted by Crippen LogP contribution is -2.09. The highest BCUT2D eigenvalue weighted by Crippen LogP contribution is 2.30. The Morgan fingerprint density at radius 2 is 2.06 bits per heavy atom. The molecule has 1 aromatic carbocycles. The maximum absolute atomic E-state index is 9.93. The first kappa shape index (κ1) is 11.4. The van der Waals surface area contributed by atoms with E-state index in [-0.39, 0.29) is 5.75 Å². The van der Waals surface area contributed by atoms with Gasteiger partial charge in [-0.2, -0.15) is 10.2 Å². The first-order valence-corrected chi connectivity index (χ1v) is 5.38. The van der Waals surface area contributed by atoms with Crippen LogP contribution in [-0.4, -0.2) is 23.2 Å². The summed E-state index contributed by atoms with van der Waals surface area (Å²) in [6.07, 6.45) is 1.76. The van der Waals surface area contributed by atoms with Crippen molar-refractivity contribution < 1.29 is 5.11 Å². The third kappa shape index (κ3) is 2.20. The average Bonchev–Trinajstić information content (AvgIpc) is 2.31. The van der Waals surface area contributed by atoms with Crippen LogP contribution in [0.25, 0.3) is 17.3 Å². The number of hydrogen-bond acceptors (Lipinski definition) is 3. The van der Waals surface area contributed by atoms with Crippen LogP contribution in [0.4, 0.5) is 0 Å². The Hall–Kier alpha value is -2.10. The van der Waals surface area contributed by atoms with Gasteiger partial charge in [0, 0.05) is 11.2 Å². The van der Waals surface area contributed by atoms with Crippen LogP contribution in [0, 0.1) is 6.92 Å². The third-order valence-corrected chi connectivity index (χ3v) is 2.68. The molecule has 0 saturated heterocycles. The van der Waals surface area contributed by atoms with Crippen LogP contribution in [0.1, 0.15) is 11.1 Å². The number of nitrogens with zero attached hydrogens (tertiary/aromatic N) is 2. The van der Waals surface area contributed by atoms with Gasteiger partial charge < -0.3 is 5.11 Å². The molecule has 2 rings (SSSR count). The van der Waals surface area contributed by atoms with Gasteiger partial charge in [-0.3, -0.25) is 0 Å². The second-order valence-electron chi connectivity index (χ2n) is 3.99. The summed E-state index contributed by atoms with van der Waals surface area (Å²) in [7, 11) is 1.88. The molecule has 84 valence electrons. The Balaban J connectivity index is 2.58. The normalized spacial score (nSPS) is 10.2. The summed E-state index contributed by atoms with van der Waals surface area (Å²) in [5.41, 5.74) is 4.17. The van der Waals surface area contributed by atoms with Gasteiger partial charge in [0.15, 0.2) is 7.85 Å². The molecule has 0 saturated carbocycles. The number of aromatic nitrogens is 2. The van der Waals surface area contributed by atoms with E-state index in [4.69, 9.17) is 0 Å². The molecule has 0 unspecified atom stereocenters. The molecule has 0 fully saturated rings. The zero-order valence-corrected chi connectivity index (χ0v) is 9.94. The zero-order valence-electron chi connectivity index (χ0n) is 9.94. The number of rotatable bonds is 2. The van der Waals surface area contributed by atoms with E-state index in [1.807, 2.05) is 33.0 Å². The lowest BCUT2D eigenvalue weighted by atomic mass is 10.0. The van der Waals surface area contributed by atoms with Crippen molar-refractivity contribution in [3.63, 3.8) is 0 Å². The second kappa shape index (κ2) is 4.41. The lowest BCUT2D eigenvalue weighted by molar-refractivity contribution is 0.476. The quantitative estimate of drug-likeness (QED) is 0.775. The Labute approximate surface area is 101 Å². The first-order valence-electron chi connectivity index (χ1n) is 5.38. The molecule has 0 radical (unpaired) electrons. The number of hydrogen-bond donors (Lipinski definition) is 1. The van der Waals surface area contributed by atoms with Crippen molar-refractivity contribution in [2.24, 2.45) is 0 Å². The molecule has 0 aliphatic rings. The van der Waals surface area contributed by atoms with Crippen LogP contribution < -0.4 is 5.59 Å². The molecule has 0 atom stereocenters. The Kier molecular flexibility index (Phi) is 2.96. The third-order valence-electron chi connectivity index (χ3n) is 2.68. The predicted molar refractivity (Wildman–Crippen MR) is 72.1 cm³/mol. The van der Waals surface area contributed by atoms with Crippen LogP contribution >= 0.6 is 0 Å². The summed E-state index contributed by atoms with van der Waals surface area (Å²) >= 11 is 0. The van der Waals surface area contributed by atoms with Gasteiger partial charge in [-0.25, -0.2) is 0 Å². The molecular weight excluding hydrogens is 211 g/mol. The highest BCUT2D eigenvalue weighted by atomic mass is 16.3. The average molecular weight is 224 g/mol. The van der Waals surface area contributed by atoms with Gasteiger partial charge in [-0.1, -0.05) is 12.7 Å². The summed E-state index contributed by atoms with van der Waals surface area (Å²) in [4.78, 5) is 0. The number of phenolic OH excluding ortho intramolecular Hbond substituents is 1. The molecule has 3 nitrogen and oxygen atoms in total. The number of phenols is 1. The van der Waals surface area contributed by atoms with E-state index < -0.39 is 0 Å². The molecule has 0 bridgehead atoms. The van der Waals surface area contributed by atoms with Gasteiger partial charge >= 0.3 is 0 Å². The molecular formula is C13H13BN2O. The monoisotopic (exact) mass is 224 g/mol. The van der Waals surface area contributed by atoms with Gasteiger partial charge in [0.05, 0.1) is 5.69 Å². The summed E-state index contributed by atoms with van der Waals surface area (Å²) < 4.78 is 0. The Morgan fingerprint density at radius 3 is 2.65 bits per heavy atom. The minimum atomic E-state index is 0.214. The SMILES string of the molecule is Bc1ccc(-c2cc(C=C)c(C)cc2O)nn1. The van der Waals surface area contributed by atoms with Gasteiger partial charge in [0.1, 0.15) is 5.75 Å². The summed E-state index contributed by atoms with van der Waals surface area (Å²) in [6, 6.07) is 7.31. The molecule has 1 aromatic heterocycles. The Morgan fingerprint density at radius 1 is 1.29 bits per heavy atom. The highest BCUT2D eigenvalue weighted by molar-refractivity contribution is 6.30. The number of aryl methyl sites for hydroxylation is 1. The predicted octanol–water partition coefficient (Wildman–Crippen LogP) is 1.06.